The molecule has 0 atom stereocenters. The van der Waals surface area contributed by atoms with E-state index in [1.807, 2.05) is 42.5 Å². The maximum absolute atomic E-state index is 12.7. The Morgan fingerprint density at radius 1 is 1.07 bits per heavy atom. The lowest BCUT2D eigenvalue weighted by atomic mass is 10.0. The second-order valence-electron chi connectivity index (χ2n) is 6.60. The Morgan fingerprint density at radius 3 is 2.37 bits per heavy atom. The number of hydrogen-bond donors (Lipinski definition) is 0. The van der Waals surface area contributed by atoms with Crippen LogP contribution in [0.15, 0.2) is 53.3 Å². The van der Waals surface area contributed by atoms with Crippen molar-refractivity contribution in [2.24, 2.45) is 0 Å². The molecule has 2 aromatic carbocycles. The summed E-state index contributed by atoms with van der Waals surface area (Å²) in [7, 11) is 1.62. The first kappa shape index (κ1) is 17.4. The van der Waals surface area contributed by atoms with Crippen LogP contribution in [0, 0.1) is 0 Å². The van der Waals surface area contributed by atoms with Gasteiger partial charge in [0.05, 0.1) is 11.6 Å². The highest BCUT2D eigenvalue weighted by atomic mass is 32.1. The van der Waals surface area contributed by atoms with Crippen molar-refractivity contribution in [2.75, 3.05) is 7.11 Å². The molecule has 2 heterocycles. The van der Waals surface area contributed by atoms with E-state index >= 15 is 0 Å². The summed E-state index contributed by atoms with van der Waals surface area (Å²) in [5, 5.41) is 4.38. The summed E-state index contributed by atoms with van der Waals surface area (Å²) < 4.78 is 7.16. The number of rotatable bonds is 4. The number of methoxy groups -OCH3 is 1. The van der Waals surface area contributed by atoms with Crippen molar-refractivity contribution < 1.29 is 4.74 Å². The van der Waals surface area contributed by atoms with Gasteiger partial charge in [0, 0.05) is 5.56 Å². The van der Waals surface area contributed by atoms with Gasteiger partial charge in [0.2, 0.25) is 4.96 Å². The summed E-state index contributed by atoms with van der Waals surface area (Å²) >= 11 is 1.35. The van der Waals surface area contributed by atoms with Crippen LogP contribution < -0.4 is 14.8 Å². The zero-order chi connectivity index (χ0) is 19.0. The van der Waals surface area contributed by atoms with Crippen LogP contribution in [0.2, 0.25) is 0 Å². The second kappa shape index (κ2) is 6.96. The summed E-state index contributed by atoms with van der Waals surface area (Å²) in [6.07, 6.45) is 1.89. The molecule has 2 aromatic heterocycles. The predicted octanol–water partition coefficient (Wildman–Crippen LogP) is 3.50. The number of thiazole rings is 1. The van der Waals surface area contributed by atoms with Crippen molar-refractivity contribution in [2.45, 2.75) is 19.8 Å². The number of ether oxygens (including phenoxy) is 1. The molecule has 0 bridgehead atoms. The van der Waals surface area contributed by atoms with Crippen LogP contribution in [0.3, 0.4) is 0 Å². The Bertz CT molecular complexity index is 1190. The molecule has 27 heavy (non-hydrogen) atoms. The first-order valence-corrected chi connectivity index (χ1v) is 9.52. The monoisotopic (exact) mass is 377 g/mol. The molecule has 0 fully saturated rings. The van der Waals surface area contributed by atoms with Crippen LogP contribution in [0.1, 0.15) is 30.9 Å². The minimum absolute atomic E-state index is 0.143. The van der Waals surface area contributed by atoms with E-state index in [1.54, 1.807) is 7.11 Å². The zero-order valence-electron chi connectivity index (χ0n) is 15.3. The number of hydrogen-bond acceptors (Lipinski definition) is 5. The van der Waals surface area contributed by atoms with Gasteiger partial charge in [-0.2, -0.15) is 9.50 Å². The van der Waals surface area contributed by atoms with Crippen LogP contribution in [0.25, 0.3) is 22.4 Å². The molecule has 0 saturated heterocycles. The molecule has 0 aliphatic heterocycles. The summed E-state index contributed by atoms with van der Waals surface area (Å²) in [4.78, 5) is 17.8. The lowest BCUT2D eigenvalue weighted by molar-refractivity contribution is 0.415. The molecule has 0 aliphatic carbocycles. The van der Waals surface area contributed by atoms with Crippen LogP contribution in [0.4, 0.5) is 0 Å². The van der Waals surface area contributed by atoms with Crippen molar-refractivity contribution in [3.05, 3.63) is 74.5 Å². The summed E-state index contributed by atoms with van der Waals surface area (Å²) in [5.41, 5.74) is 2.98. The van der Waals surface area contributed by atoms with Gasteiger partial charge in [0.15, 0.2) is 5.82 Å². The molecule has 0 aliphatic rings. The van der Waals surface area contributed by atoms with E-state index < -0.39 is 0 Å². The van der Waals surface area contributed by atoms with Crippen molar-refractivity contribution >= 4 is 22.4 Å². The van der Waals surface area contributed by atoms with Crippen molar-refractivity contribution in [1.82, 2.24) is 14.6 Å². The third kappa shape index (κ3) is 3.36. The number of nitrogens with zero attached hydrogens (tertiary/aromatic N) is 3. The van der Waals surface area contributed by atoms with Crippen molar-refractivity contribution in [1.29, 1.82) is 0 Å². The fourth-order valence-electron chi connectivity index (χ4n) is 2.82. The van der Waals surface area contributed by atoms with Gasteiger partial charge in [0.1, 0.15) is 5.75 Å². The van der Waals surface area contributed by atoms with Gasteiger partial charge in [-0.1, -0.05) is 49.4 Å². The van der Waals surface area contributed by atoms with Gasteiger partial charge in [-0.05, 0) is 47.4 Å². The van der Waals surface area contributed by atoms with Gasteiger partial charge in [-0.3, -0.25) is 4.79 Å². The number of benzene rings is 2. The molecule has 0 saturated carbocycles. The van der Waals surface area contributed by atoms with E-state index in [2.05, 4.69) is 36.1 Å². The number of fused-ring (bicyclic) bond motifs is 1. The third-order valence-electron chi connectivity index (χ3n) is 4.43. The topological polar surface area (TPSA) is 56.5 Å². The smallest absolute Gasteiger partial charge is 0.291 e. The average molecular weight is 377 g/mol. The highest BCUT2D eigenvalue weighted by Gasteiger charge is 2.12. The van der Waals surface area contributed by atoms with Crippen LogP contribution in [-0.4, -0.2) is 21.7 Å². The maximum Gasteiger partial charge on any atom is 0.291 e. The standard InChI is InChI=1S/C21H19N3O2S/c1-13(2)15-6-4-14(5-7-15)12-18-20(25)24-21(27-18)22-19(23-24)16-8-10-17(26-3)11-9-16/h4-13H,1-3H3. The Balaban J connectivity index is 1.70. The average Bonchev–Trinajstić information content (AvgIpc) is 3.22. The molecule has 0 spiro atoms. The van der Waals surface area contributed by atoms with Gasteiger partial charge in [-0.15, -0.1) is 5.10 Å². The van der Waals surface area contributed by atoms with Crippen molar-refractivity contribution in [3.8, 4) is 17.1 Å². The first-order chi connectivity index (χ1) is 13.0. The largest absolute Gasteiger partial charge is 0.497 e. The Kier molecular flexibility index (Phi) is 4.49. The van der Waals surface area contributed by atoms with E-state index in [1.165, 1.54) is 21.4 Å². The molecule has 136 valence electrons. The predicted molar refractivity (Wildman–Crippen MR) is 108 cm³/mol. The molecule has 0 N–H and O–H groups in total. The minimum atomic E-state index is -0.143. The van der Waals surface area contributed by atoms with E-state index in [0.717, 1.165) is 16.9 Å². The first-order valence-electron chi connectivity index (χ1n) is 8.71. The van der Waals surface area contributed by atoms with Gasteiger partial charge < -0.3 is 4.74 Å². The minimum Gasteiger partial charge on any atom is -0.497 e. The Labute approximate surface area is 160 Å². The summed E-state index contributed by atoms with van der Waals surface area (Å²) in [6.45, 7) is 4.32. The summed E-state index contributed by atoms with van der Waals surface area (Å²) in [5.74, 6) is 1.79. The Morgan fingerprint density at radius 2 is 1.78 bits per heavy atom. The Hall–Kier alpha value is -2.99. The number of aromatic nitrogens is 3. The van der Waals surface area contributed by atoms with Crippen LogP contribution >= 0.6 is 11.3 Å². The second-order valence-corrected chi connectivity index (χ2v) is 7.60. The molecule has 0 unspecified atom stereocenters. The molecule has 0 radical (unpaired) electrons. The molecule has 5 nitrogen and oxygen atoms in total. The quantitative estimate of drug-likeness (QED) is 0.546. The van der Waals surface area contributed by atoms with E-state index in [4.69, 9.17) is 4.74 Å². The van der Waals surface area contributed by atoms with Crippen LogP contribution in [0.5, 0.6) is 5.75 Å². The van der Waals surface area contributed by atoms with E-state index in [9.17, 15) is 4.79 Å². The van der Waals surface area contributed by atoms with Gasteiger partial charge >= 0.3 is 0 Å². The highest BCUT2D eigenvalue weighted by Crippen LogP contribution is 2.20. The fourth-order valence-corrected chi connectivity index (χ4v) is 3.73. The van der Waals surface area contributed by atoms with Gasteiger partial charge in [-0.25, -0.2) is 0 Å². The lowest BCUT2D eigenvalue weighted by Gasteiger charge is -2.04. The SMILES string of the molecule is COc1ccc(-c2nc3sc(=Cc4ccc(C(C)C)cc4)c(=O)n3n2)cc1. The normalized spacial score (nSPS) is 12.2. The molecular weight excluding hydrogens is 358 g/mol. The fraction of sp³-hybridized carbons (Fsp3) is 0.190. The molecule has 4 aromatic rings. The van der Waals surface area contributed by atoms with E-state index in [0.29, 0.717) is 21.2 Å². The van der Waals surface area contributed by atoms with Crippen LogP contribution in [-0.2, 0) is 0 Å². The third-order valence-corrected chi connectivity index (χ3v) is 5.39. The lowest BCUT2D eigenvalue weighted by Crippen LogP contribution is -2.23. The molecule has 0 amide bonds. The molecular formula is C21H19N3O2S. The maximum atomic E-state index is 12.7. The van der Waals surface area contributed by atoms with Gasteiger partial charge in [0.25, 0.3) is 5.56 Å². The molecule has 6 heteroatoms. The van der Waals surface area contributed by atoms with Crippen molar-refractivity contribution in [3.63, 3.8) is 0 Å². The molecule has 4 rings (SSSR count). The highest BCUT2D eigenvalue weighted by molar-refractivity contribution is 7.15. The summed E-state index contributed by atoms with van der Waals surface area (Å²) in [6, 6.07) is 15.7. The van der Waals surface area contributed by atoms with E-state index in [-0.39, 0.29) is 5.56 Å². The zero-order valence-corrected chi connectivity index (χ0v) is 16.2.